The minimum atomic E-state index is -4.38. The quantitative estimate of drug-likeness (QED) is 0.858. The highest BCUT2D eigenvalue weighted by Gasteiger charge is 2.29. The lowest BCUT2D eigenvalue weighted by Gasteiger charge is -2.09. The van der Waals surface area contributed by atoms with Crippen molar-refractivity contribution in [3.05, 3.63) is 64.2 Å². The van der Waals surface area contributed by atoms with Crippen LogP contribution in [0.25, 0.3) is 0 Å². The van der Waals surface area contributed by atoms with Gasteiger partial charge in [-0.05, 0) is 42.3 Å². The van der Waals surface area contributed by atoms with E-state index in [2.05, 4.69) is 5.32 Å². The number of alkyl halides is 3. The summed E-state index contributed by atoms with van der Waals surface area (Å²) in [6.45, 7) is 1.87. The normalized spacial score (nSPS) is 11.3. The predicted molar refractivity (Wildman–Crippen MR) is 80.0 cm³/mol. The maximum absolute atomic E-state index is 12.5. The Morgan fingerprint density at radius 1 is 1.14 bits per heavy atom. The number of carbonyl (C=O) groups excluding carboxylic acids is 1. The molecule has 1 N–H and O–H groups in total. The summed E-state index contributed by atoms with van der Waals surface area (Å²) in [5, 5.41) is 3.06. The van der Waals surface area contributed by atoms with Crippen LogP contribution in [0.15, 0.2) is 42.5 Å². The van der Waals surface area contributed by atoms with Gasteiger partial charge in [-0.25, -0.2) is 0 Å². The molecule has 22 heavy (non-hydrogen) atoms. The number of hydrogen-bond acceptors (Lipinski definition) is 1. The van der Waals surface area contributed by atoms with Gasteiger partial charge in [-0.3, -0.25) is 4.79 Å². The van der Waals surface area contributed by atoms with Crippen LogP contribution in [-0.4, -0.2) is 5.91 Å². The van der Waals surface area contributed by atoms with Crippen LogP contribution in [0.5, 0.6) is 0 Å². The van der Waals surface area contributed by atoms with Gasteiger partial charge in [-0.1, -0.05) is 29.8 Å². The smallest absolute Gasteiger partial charge is 0.324 e. The summed E-state index contributed by atoms with van der Waals surface area (Å²) < 4.78 is 37.4. The van der Waals surface area contributed by atoms with Gasteiger partial charge in [0, 0.05) is 0 Å². The third kappa shape index (κ3) is 4.24. The van der Waals surface area contributed by atoms with Gasteiger partial charge in [0.1, 0.15) is 0 Å². The van der Waals surface area contributed by atoms with Crippen molar-refractivity contribution in [3.63, 3.8) is 0 Å². The second kappa shape index (κ2) is 6.40. The molecule has 0 atom stereocenters. The fraction of sp³-hybridized carbons (Fsp3) is 0.188. The van der Waals surface area contributed by atoms with Crippen molar-refractivity contribution in [1.82, 2.24) is 0 Å². The van der Waals surface area contributed by atoms with Crippen molar-refractivity contribution in [2.75, 3.05) is 5.32 Å². The molecular formula is C16H13ClF3NO. The summed E-state index contributed by atoms with van der Waals surface area (Å²) in [7, 11) is 0. The minimum Gasteiger partial charge on any atom is -0.324 e. The van der Waals surface area contributed by atoms with Crippen molar-refractivity contribution in [1.29, 1.82) is 0 Å². The largest absolute Gasteiger partial charge is 0.416 e. The van der Waals surface area contributed by atoms with Gasteiger partial charge in [-0.15, -0.1) is 0 Å². The summed E-state index contributed by atoms with van der Waals surface area (Å²) in [5.74, 6) is -0.342. The van der Waals surface area contributed by atoms with E-state index < -0.39 is 11.7 Å². The van der Waals surface area contributed by atoms with Gasteiger partial charge in [0.15, 0.2) is 0 Å². The van der Waals surface area contributed by atoms with E-state index in [9.17, 15) is 18.0 Å². The number of aryl methyl sites for hydroxylation is 1. The van der Waals surface area contributed by atoms with E-state index in [4.69, 9.17) is 11.6 Å². The van der Waals surface area contributed by atoms with Crippen molar-refractivity contribution in [2.45, 2.75) is 19.5 Å². The van der Waals surface area contributed by atoms with Crippen LogP contribution in [0.4, 0.5) is 18.9 Å². The molecule has 0 spiro atoms. The zero-order valence-corrected chi connectivity index (χ0v) is 12.4. The van der Waals surface area contributed by atoms with E-state index in [1.807, 2.05) is 6.92 Å². The predicted octanol–water partition coefficient (Wildman–Crippen LogP) is 4.85. The Balaban J connectivity index is 2.03. The SMILES string of the molecule is Cc1ccc(NC(=O)Cc2ccc(C(F)(F)F)cc2)c(Cl)c1. The lowest BCUT2D eigenvalue weighted by molar-refractivity contribution is -0.137. The molecule has 6 heteroatoms. The van der Waals surface area contributed by atoms with Crippen molar-refractivity contribution >= 4 is 23.2 Å². The fourth-order valence-corrected chi connectivity index (χ4v) is 2.20. The van der Waals surface area contributed by atoms with E-state index in [1.54, 1.807) is 18.2 Å². The van der Waals surface area contributed by atoms with E-state index in [0.29, 0.717) is 16.3 Å². The Labute approximate surface area is 130 Å². The molecule has 0 aliphatic heterocycles. The van der Waals surface area contributed by atoms with Gasteiger partial charge in [0.25, 0.3) is 0 Å². The number of hydrogen-bond donors (Lipinski definition) is 1. The molecule has 0 unspecified atom stereocenters. The topological polar surface area (TPSA) is 29.1 Å². The summed E-state index contributed by atoms with van der Waals surface area (Å²) in [5.41, 5.74) is 1.20. The third-order valence-electron chi connectivity index (χ3n) is 3.04. The lowest BCUT2D eigenvalue weighted by Crippen LogP contribution is -2.15. The molecule has 0 aromatic heterocycles. The van der Waals surface area contributed by atoms with Gasteiger partial charge < -0.3 is 5.32 Å². The Hall–Kier alpha value is -2.01. The number of nitrogens with one attached hydrogen (secondary N) is 1. The Kier molecular flexibility index (Phi) is 4.76. The molecule has 0 heterocycles. The zero-order valence-electron chi connectivity index (χ0n) is 11.7. The molecule has 0 aliphatic rings. The molecule has 1 amide bonds. The second-order valence-corrected chi connectivity index (χ2v) is 5.31. The molecule has 0 saturated carbocycles. The van der Waals surface area contributed by atoms with Crippen LogP contribution in [0.2, 0.25) is 5.02 Å². The van der Waals surface area contributed by atoms with Crippen LogP contribution in [0, 0.1) is 6.92 Å². The van der Waals surface area contributed by atoms with Gasteiger partial charge in [-0.2, -0.15) is 13.2 Å². The second-order valence-electron chi connectivity index (χ2n) is 4.90. The van der Waals surface area contributed by atoms with Crippen LogP contribution in [-0.2, 0) is 17.4 Å². The van der Waals surface area contributed by atoms with Crippen LogP contribution >= 0.6 is 11.6 Å². The van der Waals surface area contributed by atoms with Crippen LogP contribution in [0.3, 0.4) is 0 Å². The monoisotopic (exact) mass is 327 g/mol. The van der Waals surface area contributed by atoms with Crippen molar-refractivity contribution in [2.24, 2.45) is 0 Å². The third-order valence-corrected chi connectivity index (χ3v) is 3.36. The van der Waals surface area contributed by atoms with Crippen LogP contribution < -0.4 is 5.32 Å². The number of benzene rings is 2. The highest BCUT2D eigenvalue weighted by Crippen LogP contribution is 2.29. The van der Waals surface area contributed by atoms with E-state index in [1.165, 1.54) is 12.1 Å². The van der Waals surface area contributed by atoms with Crippen LogP contribution in [0.1, 0.15) is 16.7 Å². The number of anilines is 1. The first-order chi connectivity index (χ1) is 10.3. The standard InChI is InChI=1S/C16H13ClF3NO/c1-10-2-7-14(13(17)8-10)21-15(22)9-11-3-5-12(6-4-11)16(18,19)20/h2-8H,9H2,1H3,(H,21,22). The maximum atomic E-state index is 12.5. The maximum Gasteiger partial charge on any atom is 0.416 e. The first-order valence-corrected chi connectivity index (χ1v) is 6.85. The van der Waals surface area contributed by atoms with Crippen molar-refractivity contribution in [3.8, 4) is 0 Å². The van der Waals surface area contributed by atoms with Gasteiger partial charge >= 0.3 is 6.18 Å². The summed E-state index contributed by atoms with van der Waals surface area (Å²) >= 11 is 6.01. The van der Waals surface area contributed by atoms with Gasteiger partial charge in [0.05, 0.1) is 22.7 Å². The minimum absolute atomic E-state index is 0.0255. The Morgan fingerprint density at radius 3 is 2.32 bits per heavy atom. The highest BCUT2D eigenvalue weighted by molar-refractivity contribution is 6.33. The van der Waals surface area contributed by atoms with E-state index in [-0.39, 0.29) is 12.3 Å². The molecule has 2 nitrogen and oxygen atoms in total. The Morgan fingerprint density at radius 2 is 1.77 bits per heavy atom. The molecule has 2 aromatic carbocycles. The Bertz CT molecular complexity index is 681. The summed E-state index contributed by atoms with van der Waals surface area (Å²) in [4.78, 5) is 11.9. The molecule has 2 aromatic rings. The molecule has 0 bridgehead atoms. The first kappa shape index (κ1) is 16.4. The number of amides is 1. The average molecular weight is 328 g/mol. The summed E-state index contributed by atoms with van der Waals surface area (Å²) in [6, 6.07) is 9.71. The first-order valence-electron chi connectivity index (χ1n) is 6.48. The molecule has 0 fully saturated rings. The highest BCUT2D eigenvalue weighted by atomic mass is 35.5. The van der Waals surface area contributed by atoms with Gasteiger partial charge in [0.2, 0.25) is 5.91 Å². The molecule has 0 radical (unpaired) electrons. The van der Waals surface area contributed by atoms with E-state index in [0.717, 1.165) is 17.7 Å². The summed E-state index contributed by atoms with van der Waals surface area (Å²) in [6.07, 6.45) is -4.40. The molecular weight excluding hydrogens is 315 g/mol. The lowest BCUT2D eigenvalue weighted by atomic mass is 10.1. The zero-order chi connectivity index (χ0) is 16.3. The molecule has 116 valence electrons. The fourth-order valence-electron chi connectivity index (χ4n) is 1.91. The van der Waals surface area contributed by atoms with Crippen molar-refractivity contribution < 1.29 is 18.0 Å². The molecule has 0 aliphatic carbocycles. The number of rotatable bonds is 3. The van der Waals surface area contributed by atoms with E-state index >= 15 is 0 Å². The molecule has 0 saturated heterocycles. The molecule has 2 rings (SSSR count). The number of halogens is 4. The number of carbonyl (C=O) groups is 1. The average Bonchev–Trinajstić information content (AvgIpc) is 2.41.